The summed E-state index contributed by atoms with van der Waals surface area (Å²) < 4.78 is 9.10. The van der Waals surface area contributed by atoms with Crippen LogP contribution in [0.15, 0.2) is 26.7 Å². The van der Waals surface area contributed by atoms with Gasteiger partial charge in [-0.1, -0.05) is 6.07 Å². The Bertz CT molecular complexity index is 932. The van der Waals surface area contributed by atoms with Crippen molar-refractivity contribution in [2.45, 2.75) is 45.7 Å². The van der Waals surface area contributed by atoms with Crippen LogP contribution in [0.4, 0.5) is 0 Å². The van der Waals surface area contributed by atoms with Crippen LogP contribution in [0.5, 0.6) is 0 Å². The molecule has 0 saturated carbocycles. The number of hydrogen-bond acceptors (Lipinski definition) is 6. The van der Waals surface area contributed by atoms with Crippen LogP contribution in [0.3, 0.4) is 0 Å². The quantitative estimate of drug-likeness (QED) is 0.744. The van der Waals surface area contributed by atoms with E-state index in [0.717, 1.165) is 48.1 Å². The Hall–Kier alpha value is -2.19. The molecule has 3 aromatic heterocycles. The summed E-state index contributed by atoms with van der Waals surface area (Å²) in [6.45, 7) is 6.75. The molecule has 4 heterocycles. The lowest BCUT2D eigenvalue weighted by Crippen LogP contribution is -2.31. The van der Waals surface area contributed by atoms with E-state index in [-0.39, 0.29) is 11.6 Å². The number of rotatable bonds is 5. The molecular weight excluding hydrogens is 350 g/mol. The van der Waals surface area contributed by atoms with E-state index < -0.39 is 0 Å². The van der Waals surface area contributed by atoms with Gasteiger partial charge in [-0.2, -0.15) is 5.10 Å². The minimum absolute atomic E-state index is 0.0758. The maximum atomic E-state index is 12.8. The van der Waals surface area contributed by atoms with Gasteiger partial charge in [0.25, 0.3) is 0 Å². The number of aryl methyl sites for hydroxylation is 1. The molecule has 0 aliphatic carbocycles. The zero-order chi connectivity index (χ0) is 18.1. The molecule has 0 amide bonds. The summed E-state index contributed by atoms with van der Waals surface area (Å²) in [5.41, 5.74) is 0.678. The SMILES string of the molecule is CCn1c(C2CCCNC2)nn(Cc2nc(-c3cccs3)oc2C)c1=O. The Morgan fingerprint density at radius 1 is 1.46 bits per heavy atom. The Morgan fingerprint density at radius 2 is 2.35 bits per heavy atom. The molecule has 8 heteroatoms. The van der Waals surface area contributed by atoms with Crippen molar-refractivity contribution in [2.75, 3.05) is 13.1 Å². The fourth-order valence-electron chi connectivity index (χ4n) is 3.45. The van der Waals surface area contributed by atoms with Crippen LogP contribution < -0.4 is 11.0 Å². The van der Waals surface area contributed by atoms with Gasteiger partial charge in [-0.15, -0.1) is 11.3 Å². The molecule has 1 atom stereocenters. The summed E-state index contributed by atoms with van der Waals surface area (Å²) in [5.74, 6) is 2.50. The first-order valence-corrected chi connectivity index (χ1v) is 9.93. The van der Waals surface area contributed by atoms with Crippen molar-refractivity contribution in [1.29, 1.82) is 0 Å². The third-order valence-corrected chi connectivity index (χ3v) is 5.71. The molecule has 0 spiro atoms. The summed E-state index contributed by atoms with van der Waals surface area (Å²) in [4.78, 5) is 18.4. The minimum atomic E-state index is -0.0758. The van der Waals surface area contributed by atoms with Crippen molar-refractivity contribution in [3.8, 4) is 10.8 Å². The normalized spacial score (nSPS) is 17.7. The highest BCUT2D eigenvalue weighted by molar-refractivity contribution is 7.13. The average molecular weight is 373 g/mol. The third-order valence-electron chi connectivity index (χ3n) is 4.85. The first-order chi connectivity index (χ1) is 12.7. The lowest BCUT2D eigenvalue weighted by Gasteiger charge is -2.21. The van der Waals surface area contributed by atoms with Crippen molar-refractivity contribution < 1.29 is 4.42 Å². The van der Waals surface area contributed by atoms with E-state index in [1.165, 1.54) is 4.68 Å². The molecule has 4 rings (SSSR count). The van der Waals surface area contributed by atoms with Gasteiger partial charge in [-0.25, -0.2) is 14.5 Å². The fourth-order valence-corrected chi connectivity index (χ4v) is 4.10. The molecule has 0 bridgehead atoms. The highest BCUT2D eigenvalue weighted by atomic mass is 32.1. The summed E-state index contributed by atoms with van der Waals surface area (Å²) >= 11 is 1.59. The number of oxazole rings is 1. The van der Waals surface area contributed by atoms with Gasteiger partial charge in [0.1, 0.15) is 17.3 Å². The number of hydrogen-bond donors (Lipinski definition) is 1. The zero-order valence-corrected chi connectivity index (χ0v) is 15.9. The van der Waals surface area contributed by atoms with E-state index in [1.54, 1.807) is 15.9 Å². The zero-order valence-electron chi connectivity index (χ0n) is 15.1. The Kier molecular flexibility index (Phi) is 4.78. The van der Waals surface area contributed by atoms with E-state index in [1.807, 2.05) is 31.4 Å². The van der Waals surface area contributed by atoms with Gasteiger partial charge in [-0.3, -0.25) is 4.57 Å². The van der Waals surface area contributed by atoms with E-state index >= 15 is 0 Å². The van der Waals surface area contributed by atoms with Gasteiger partial charge in [-0.05, 0) is 44.7 Å². The predicted octanol–water partition coefficient (Wildman–Crippen LogP) is 2.60. The monoisotopic (exact) mass is 373 g/mol. The molecule has 7 nitrogen and oxygen atoms in total. The second kappa shape index (κ2) is 7.20. The van der Waals surface area contributed by atoms with Crippen LogP contribution in [-0.2, 0) is 13.1 Å². The molecule has 1 aliphatic rings. The maximum absolute atomic E-state index is 12.8. The first-order valence-electron chi connectivity index (χ1n) is 9.05. The van der Waals surface area contributed by atoms with Crippen molar-refractivity contribution in [3.63, 3.8) is 0 Å². The van der Waals surface area contributed by atoms with Crippen LogP contribution in [0.1, 0.15) is 43.0 Å². The molecule has 0 aromatic carbocycles. The van der Waals surface area contributed by atoms with Crippen molar-refractivity contribution in [2.24, 2.45) is 0 Å². The molecule has 138 valence electrons. The van der Waals surface area contributed by atoms with Gasteiger partial charge in [0.2, 0.25) is 5.89 Å². The second-order valence-corrected chi connectivity index (χ2v) is 7.53. The molecule has 1 aliphatic heterocycles. The summed E-state index contributed by atoms with van der Waals surface area (Å²) in [6, 6.07) is 3.95. The molecule has 1 unspecified atom stereocenters. The molecule has 1 fully saturated rings. The Morgan fingerprint density at radius 3 is 3.04 bits per heavy atom. The van der Waals surface area contributed by atoms with Crippen LogP contribution in [-0.4, -0.2) is 32.4 Å². The van der Waals surface area contributed by atoms with Gasteiger partial charge >= 0.3 is 5.69 Å². The van der Waals surface area contributed by atoms with Crippen LogP contribution in [0.2, 0.25) is 0 Å². The smallest absolute Gasteiger partial charge is 0.346 e. The van der Waals surface area contributed by atoms with Gasteiger partial charge in [0.15, 0.2) is 0 Å². The molecule has 1 saturated heterocycles. The lowest BCUT2D eigenvalue weighted by atomic mass is 9.99. The number of nitrogens with one attached hydrogen (secondary N) is 1. The topological polar surface area (TPSA) is 77.9 Å². The number of nitrogens with zero attached hydrogens (tertiary/aromatic N) is 4. The predicted molar refractivity (Wildman–Crippen MR) is 101 cm³/mol. The number of piperidine rings is 1. The van der Waals surface area contributed by atoms with Crippen LogP contribution >= 0.6 is 11.3 Å². The van der Waals surface area contributed by atoms with E-state index in [9.17, 15) is 4.79 Å². The maximum Gasteiger partial charge on any atom is 0.346 e. The molecule has 1 N–H and O–H groups in total. The third kappa shape index (κ3) is 3.14. The number of aromatic nitrogens is 4. The van der Waals surface area contributed by atoms with Crippen molar-refractivity contribution in [1.82, 2.24) is 24.6 Å². The van der Waals surface area contributed by atoms with Crippen LogP contribution in [0, 0.1) is 6.92 Å². The van der Waals surface area contributed by atoms with Gasteiger partial charge < -0.3 is 9.73 Å². The second-order valence-electron chi connectivity index (χ2n) is 6.59. The highest BCUT2D eigenvalue weighted by Gasteiger charge is 2.24. The number of thiophene rings is 1. The van der Waals surface area contributed by atoms with E-state index in [0.29, 0.717) is 19.0 Å². The Balaban J connectivity index is 1.64. The molecule has 0 radical (unpaired) electrons. The largest absolute Gasteiger partial charge is 0.440 e. The van der Waals surface area contributed by atoms with Crippen molar-refractivity contribution >= 4 is 11.3 Å². The van der Waals surface area contributed by atoms with Gasteiger partial charge in [0, 0.05) is 19.0 Å². The highest BCUT2D eigenvalue weighted by Crippen LogP contribution is 2.26. The summed E-state index contributed by atoms with van der Waals surface area (Å²) in [5, 5.41) is 10.1. The van der Waals surface area contributed by atoms with Gasteiger partial charge in [0.05, 0.1) is 11.4 Å². The van der Waals surface area contributed by atoms with Crippen LogP contribution in [0.25, 0.3) is 10.8 Å². The molecular formula is C18H23N5O2S. The van der Waals surface area contributed by atoms with Crippen molar-refractivity contribution in [3.05, 3.63) is 45.3 Å². The average Bonchev–Trinajstić information content (AvgIpc) is 3.37. The minimum Gasteiger partial charge on any atom is -0.440 e. The summed E-state index contributed by atoms with van der Waals surface area (Å²) in [6.07, 6.45) is 2.18. The Labute approximate surface area is 155 Å². The molecule has 3 aromatic rings. The first kappa shape index (κ1) is 17.2. The van der Waals surface area contributed by atoms with E-state index in [2.05, 4.69) is 15.4 Å². The summed E-state index contributed by atoms with van der Waals surface area (Å²) in [7, 11) is 0. The van der Waals surface area contributed by atoms with E-state index in [4.69, 9.17) is 4.42 Å². The fraction of sp³-hybridized carbons (Fsp3) is 0.500. The standard InChI is InChI=1S/C18H23N5O2S/c1-3-22-16(13-6-4-8-19-10-13)21-23(18(22)24)11-14-12(2)25-17(20-14)15-7-5-9-26-15/h5,7,9,13,19H,3-4,6,8,10-11H2,1-2H3. The molecule has 26 heavy (non-hydrogen) atoms. The lowest BCUT2D eigenvalue weighted by molar-refractivity contribution is 0.431.